The van der Waals surface area contributed by atoms with Crippen LogP contribution in [0.4, 0.5) is 5.82 Å². The maximum Gasteiger partial charge on any atom is 0.128 e. The number of pyridine rings is 1. The van der Waals surface area contributed by atoms with Crippen molar-refractivity contribution in [1.29, 1.82) is 0 Å². The van der Waals surface area contributed by atoms with Gasteiger partial charge in [-0.2, -0.15) is 0 Å². The van der Waals surface area contributed by atoms with E-state index in [9.17, 15) is 5.11 Å². The number of piperazine rings is 1. The van der Waals surface area contributed by atoms with Crippen molar-refractivity contribution in [3.8, 4) is 5.75 Å². The Hall–Kier alpha value is -2.11. The molecule has 1 aromatic carbocycles. The highest BCUT2D eigenvalue weighted by Crippen LogP contribution is 2.14. The number of nitrogens with zero attached hydrogens (tertiary/aromatic N) is 3. The van der Waals surface area contributed by atoms with Gasteiger partial charge in [0.25, 0.3) is 0 Å². The second-order valence-corrected chi connectivity index (χ2v) is 6.44. The van der Waals surface area contributed by atoms with Crippen molar-refractivity contribution in [1.82, 2.24) is 9.88 Å². The molecule has 1 fully saturated rings. The molecule has 3 rings (SSSR count). The first-order valence-electron chi connectivity index (χ1n) is 9.02. The van der Waals surface area contributed by atoms with Crippen molar-refractivity contribution < 1.29 is 9.84 Å². The molecule has 0 bridgehead atoms. The summed E-state index contributed by atoms with van der Waals surface area (Å²) < 4.78 is 5.70. The smallest absolute Gasteiger partial charge is 0.128 e. The van der Waals surface area contributed by atoms with Crippen molar-refractivity contribution in [3.05, 3.63) is 54.2 Å². The summed E-state index contributed by atoms with van der Waals surface area (Å²) in [5.74, 6) is 1.85. The third kappa shape index (κ3) is 5.18. The van der Waals surface area contributed by atoms with Crippen LogP contribution >= 0.6 is 0 Å². The van der Waals surface area contributed by atoms with Gasteiger partial charge in [0, 0.05) is 38.9 Å². The van der Waals surface area contributed by atoms with Crippen LogP contribution in [0.1, 0.15) is 12.5 Å². The summed E-state index contributed by atoms with van der Waals surface area (Å²) in [5, 5.41) is 10.3. The van der Waals surface area contributed by atoms with Crippen molar-refractivity contribution in [2.45, 2.75) is 19.4 Å². The summed E-state index contributed by atoms with van der Waals surface area (Å²) in [7, 11) is 0. The highest BCUT2D eigenvalue weighted by molar-refractivity contribution is 5.38. The molecular weight excluding hydrogens is 314 g/mol. The Morgan fingerprint density at radius 3 is 2.48 bits per heavy atom. The van der Waals surface area contributed by atoms with Gasteiger partial charge in [0.05, 0.1) is 0 Å². The quantitative estimate of drug-likeness (QED) is 0.837. The maximum absolute atomic E-state index is 10.3. The lowest BCUT2D eigenvalue weighted by atomic mass is 10.2. The fourth-order valence-electron chi connectivity index (χ4n) is 3.06. The van der Waals surface area contributed by atoms with E-state index in [-0.39, 0.29) is 0 Å². The first-order chi connectivity index (χ1) is 12.2. The molecule has 1 atom stereocenters. The molecule has 0 spiro atoms. The molecule has 0 radical (unpaired) electrons. The van der Waals surface area contributed by atoms with Gasteiger partial charge in [-0.05, 0) is 36.2 Å². The maximum atomic E-state index is 10.3. The van der Waals surface area contributed by atoms with Crippen LogP contribution in [0, 0.1) is 0 Å². The number of anilines is 1. The first-order valence-corrected chi connectivity index (χ1v) is 9.02. The molecule has 5 nitrogen and oxygen atoms in total. The predicted molar refractivity (Wildman–Crippen MR) is 100 cm³/mol. The van der Waals surface area contributed by atoms with Crippen molar-refractivity contribution in [2.24, 2.45) is 0 Å². The van der Waals surface area contributed by atoms with Crippen molar-refractivity contribution in [3.63, 3.8) is 0 Å². The van der Waals surface area contributed by atoms with E-state index >= 15 is 0 Å². The standard InChI is InChI=1S/C20H27N3O2/c1-2-17-6-8-19(9-7-17)25-16-18(24)15-22-11-13-23(14-12-22)20-5-3-4-10-21-20/h3-10,18,24H,2,11-16H2,1H3/t18-/m0/s1. The van der Waals surface area contributed by atoms with Crippen LogP contribution in [-0.2, 0) is 6.42 Å². The van der Waals surface area contributed by atoms with Gasteiger partial charge in [0.15, 0.2) is 0 Å². The molecule has 1 aliphatic rings. The van der Waals surface area contributed by atoms with E-state index in [1.165, 1.54) is 5.56 Å². The first kappa shape index (κ1) is 17.7. The average molecular weight is 341 g/mol. The Bertz CT molecular complexity index is 625. The highest BCUT2D eigenvalue weighted by atomic mass is 16.5. The molecule has 1 saturated heterocycles. The Kier molecular flexibility index (Phi) is 6.25. The van der Waals surface area contributed by atoms with Gasteiger partial charge >= 0.3 is 0 Å². The van der Waals surface area contributed by atoms with E-state index in [2.05, 4.69) is 33.8 Å². The number of aliphatic hydroxyl groups excluding tert-OH is 1. The van der Waals surface area contributed by atoms with E-state index in [4.69, 9.17) is 4.74 Å². The van der Waals surface area contributed by atoms with Gasteiger partial charge in [-0.3, -0.25) is 4.90 Å². The molecule has 0 unspecified atom stereocenters. The van der Waals surface area contributed by atoms with Crippen LogP contribution in [0.5, 0.6) is 5.75 Å². The van der Waals surface area contributed by atoms with Crippen molar-refractivity contribution >= 4 is 5.82 Å². The minimum absolute atomic E-state index is 0.325. The molecule has 0 amide bonds. The Labute approximate surface area is 149 Å². The second-order valence-electron chi connectivity index (χ2n) is 6.44. The van der Waals surface area contributed by atoms with Crippen LogP contribution in [0.2, 0.25) is 0 Å². The van der Waals surface area contributed by atoms with Crippen LogP contribution in [0.15, 0.2) is 48.7 Å². The minimum Gasteiger partial charge on any atom is -0.491 e. The summed E-state index contributed by atoms with van der Waals surface area (Å²) in [5.41, 5.74) is 1.29. The average Bonchev–Trinajstić information content (AvgIpc) is 2.68. The molecule has 25 heavy (non-hydrogen) atoms. The van der Waals surface area contributed by atoms with E-state index in [1.54, 1.807) is 0 Å². The minimum atomic E-state index is -0.479. The lowest BCUT2D eigenvalue weighted by Gasteiger charge is -2.36. The lowest BCUT2D eigenvalue weighted by Crippen LogP contribution is -2.49. The van der Waals surface area contributed by atoms with Crippen LogP contribution in [0.3, 0.4) is 0 Å². The Morgan fingerprint density at radius 1 is 1.08 bits per heavy atom. The normalized spacial score (nSPS) is 16.6. The van der Waals surface area contributed by atoms with Gasteiger partial charge < -0.3 is 14.7 Å². The van der Waals surface area contributed by atoms with Crippen molar-refractivity contribution in [2.75, 3.05) is 44.2 Å². The molecule has 134 valence electrons. The number of β-amino-alcohol motifs (C(OH)–C–C–N with tert-alkyl or cyclic N) is 1. The number of hydrogen-bond acceptors (Lipinski definition) is 5. The number of rotatable bonds is 7. The molecule has 5 heteroatoms. The number of aliphatic hydroxyl groups is 1. The summed E-state index contributed by atoms with van der Waals surface area (Å²) in [6, 6.07) is 14.1. The largest absolute Gasteiger partial charge is 0.491 e. The molecule has 1 aliphatic heterocycles. The molecule has 1 N–H and O–H groups in total. The van der Waals surface area contributed by atoms with E-state index < -0.39 is 6.10 Å². The van der Waals surface area contributed by atoms with Crippen LogP contribution in [0.25, 0.3) is 0 Å². The lowest BCUT2D eigenvalue weighted by molar-refractivity contribution is 0.0662. The van der Waals surface area contributed by atoms with E-state index in [0.717, 1.165) is 44.2 Å². The predicted octanol–water partition coefficient (Wildman–Crippen LogP) is 2.21. The summed E-state index contributed by atoms with van der Waals surface area (Å²) in [4.78, 5) is 8.97. The summed E-state index contributed by atoms with van der Waals surface area (Å²) in [6.45, 7) is 6.83. The van der Waals surface area contributed by atoms with Gasteiger partial charge in [0.2, 0.25) is 0 Å². The molecular formula is C20H27N3O2. The zero-order chi connectivity index (χ0) is 17.5. The number of aryl methyl sites for hydroxylation is 1. The van der Waals surface area contributed by atoms with Gasteiger partial charge in [-0.1, -0.05) is 25.1 Å². The fourth-order valence-corrected chi connectivity index (χ4v) is 3.06. The number of benzene rings is 1. The summed E-state index contributed by atoms with van der Waals surface area (Å²) >= 11 is 0. The number of ether oxygens (including phenoxy) is 1. The number of hydrogen-bond donors (Lipinski definition) is 1. The SMILES string of the molecule is CCc1ccc(OC[C@@H](O)CN2CCN(c3ccccn3)CC2)cc1. The molecule has 0 saturated carbocycles. The summed E-state index contributed by atoms with van der Waals surface area (Å²) in [6.07, 6.45) is 2.37. The Morgan fingerprint density at radius 2 is 1.84 bits per heavy atom. The van der Waals surface area contributed by atoms with E-state index in [1.807, 2.05) is 36.5 Å². The third-order valence-electron chi connectivity index (χ3n) is 4.59. The second kappa shape index (κ2) is 8.83. The molecule has 1 aromatic heterocycles. The fraction of sp³-hybridized carbons (Fsp3) is 0.450. The highest BCUT2D eigenvalue weighted by Gasteiger charge is 2.20. The molecule has 2 heterocycles. The Balaban J connectivity index is 1.39. The monoisotopic (exact) mass is 341 g/mol. The topological polar surface area (TPSA) is 48.8 Å². The zero-order valence-electron chi connectivity index (χ0n) is 14.8. The van der Waals surface area contributed by atoms with Gasteiger partial charge in [0.1, 0.15) is 24.3 Å². The molecule has 2 aromatic rings. The molecule has 0 aliphatic carbocycles. The van der Waals surface area contributed by atoms with Gasteiger partial charge in [-0.15, -0.1) is 0 Å². The van der Waals surface area contributed by atoms with Crippen LogP contribution < -0.4 is 9.64 Å². The van der Waals surface area contributed by atoms with Gasteiger partial charge in [-0.25, -0.2) is 4.98 Å². The zero-order valence-corrected chi connectivity index (χ0v) is 14.8. The van der Waals surface area contributed by atoms with Crippen LogP contribution in [-0.4, -0.2) is 60.4 Å². The van der Waals surface area contributed by atoms with E-state index in [0.29, 0.717) is 13.2 Å². The number of aromatic nitrogens is 1. The third-order valence-corrected chi connectivity index (χ3v) is 4.59.